The Balaban J connectivity index is 2.47. The standard InChI is InChI=1S/C14H21BrN2O/c1-14(2,3)9-11(16)8-13(18)17-12-6-4-5-10(15)7-12/h4-7,11H,8-9,16H2,1-3H3,(H,17,18). The highest BCUT2D eigenvalue weighted by atomic mass is 79.9. The van der Waals surface area contributed by atoms with Gasteiger partial charge in [-0.1, -0.05) is 42.8 Å². The normalized spacial score (nSPS) is 13.2. The van der Waals surface area contributed by atoms with Crippen molar-refractivity contribution in [2.24, 2.45) is 11.1 Å². The maximum atomic E-state index is 11.8. The van der Waals surface area contributed by atoms with Crippen LogP contribution in [0, 0.1) is 5.41 Å². The van der Waals surface area contributed by atoms with E-state index in [-0.39, 0.29) is 17.4 Å². The molecular formula is C14H21BrN2O. The molecule has 1 atom stereocenters. The summed E-state index contributed by atoms with van der Waals surface area (Å²) >= 11 is 3.37. The second-order valence-electron chi connectivity index (χ2n) is 5.79. The topological polar surface area (TPSA) is 55.1 Å². The lowest BCUT2D eigenvalue weighted by Gasteiger charge is -2.22. The maximum Gasteiger partial charge on any atom is 0.225 e. The summed E-state index contributed by atoms with van der Waals surface area (Å²) in [6.45, 7) is 6.37. The molecule has 0 saturated heterocycles. The lowest BCUT2D eigenvalue weighted by Crippen LogP contribution is -2.31. The molecule has 0 heterocycles. The van der Waals surface area contributed by atoms with Crippen LogP contribution in [0.2, 0.25) is 0 Å². The largest absolute Gasteiger partial charge is 0.327 e. The molecule has 0 aromatic heterocycles. The first kappa shape index (κ1) is 15.2. The van der Waals surface area contributed by atoms with E-state index in [4.69, 9.17) is 5.73 Å². The fourth-order valence-corrected chi connectivity index (χ4v) is 2.27. The number of carbonyl (C=O) groups excluding carboxylic acids is 1. The van der Waals surface area contributed by atoms with Gasteiger partial charge in [-0.05, 0) is 30.0 Å². The smallest absolute Gasteiger partial charge is 0.225 e. The summed E-state index contributed by atoms with van der Waals surface area (Å²) in [5.41, 5.74) is 6.91. The third-order valence-electron chi connectivity index (χ3n) is 2.43. The van der Waals surface area contributed by atoms with Crippen LogP contribution in [-0.2, 0) is 4.79 Å². The van der Waals surface area contributed by atoms with Crippen molar-refractivity contribution in [1.29, 1.82) is 0 Å². The van der Waals surface area contributed by atoms with Crippen molar-refractivity contribution in [1.82, 2.24) is 0 Å². The molecular weight excluding hydrogens is 292 g/mol. The molecule has 1 aromatic carbocycles. The van der Waals surface area contributed by atoms with Crippen molar-refractivity contribution < 1.29 is 4.79 Å². The number of amides is 1. The van der Waals surface area contributed by atoms with Crippen LogP contribution >= 0.6 is 15.9 Å². The van der Waals surface area contributed by atoms with Crippen molar-refractivity contribution >= 4 is 27.5 Å². The van der Waals surface area contributed by atoms with Crippen molar-refractivity contribution in [3.05, 3.63) is 28.7 Å². The molecule has 0 fully saturated rings. The zero-order valence-electron chi connectivity index (χ0n) is 11.2. The van der Waals surface area contributed by atoms with E-state index in [1.807, 2.05) is 24.3 Å². The van der Waals surface area contributed by atoms with Crippen LogP contribution in [0.5, 0.6) is 0 Å². The highest BCUT2D eigenvalue weighted by Gasteiger charge is 2.18. The Hall–Kier alpha value is -0.870. The van der Waals surface area contributed by atoms with Gasteiger partial charge >= 0.3 is 0 Å². The van der Waals surface area contributed by atoms with Gasteiger partial charge in [0.2, 0.25) is 5.91 Å². The second kappa shape index (κ2) is 6.34. The Morgan fingerprint density at radius 1 is 1.44 bits per heavy atom. The summed E-state index contributed by atoms with van der Waals surface area (Å²) in [4.78, 5) is 11.8. The van der Waals surface area contributed by atoms with Gasteiger partial charge in [0, 0.05) is 22.6 Å². The monoisotopic (exact) mass is 312 g/mol. The molecule has 0 saturated carbocycles. The highest BCUT2D eigenvalue weighted by Crippen LogP contribution is 2.21. The number of anilines is 1. The molecule has 0 aliphatic rings. The van der Waals surface area contributed by atoms with Crippen molar-refractivity contribution in [3.8, 4) is 0 Å². The molecule has 0 aliphatic heterocycles. The van der Waals surface area contributed by atoms with Gasteiger partial charge in [0.05, 0.1) is 0 Å². The summed E-state index contributed by atoms with van der Waals surface area (Å²) in [7, 11) is 0. The van der Waals surface area contributed by atoms with Gasteiger partial charge in [-0.3, -0.25) is 4.79 Å². The molecule has 0 bridgehead atoms. The van der Waals surface area contributed by atoms with E-state index in [0.717, 1.165) is 16.6 Å². The molecule has 1 unspecified atom stereocenters. The van der Waals surface area contributed by atoms with Crippen LogP contribution in [0.25, 0.3) is 0 Å². The first-order chi connectivity index (χ1) is 8.26. The van der Waals surface area contributed by atoms with E-state index in [1.54, 1.807) is 0 Å². The molecule has 1 aromatic rings. The van der Waals surface area contributed by atoms with Crippen LogP contribution < -0.4 is 11.1 Å². The van der Waals surface area contributed by atoms with Crippen molar-refractivity contribution in [2.75, 3.05) is 5.32 Å². The number of benzene rings is 1. The zero-order valence-corrected chi connectivity index (χ0v) is 12.8. The van der Waals surface area contributed by atoms with Gasteiger partial charge in [0.1, 0.15) is 0 Å². The number of nitrogens with one attached hydrogen (secondary N) is 1. The Labute approximate surface area is 117 Å². The van der Waals surface area contributed by atoms with Gasteiger partial charge < -0.3 is 11.1 Å². The third-order valence-corrected chi connectivity index (χ3v) is 2.92. The predicted molar refractivity (Wildman–Crippen MR) is 79.4 cm³/mol. The number of halogens is 1. The van der Waals surface area contributed by atoms with Crippen LogP contribution in [0.3, 0.4) is 0 Å². The zero-order chi connectivity index (χ0) is 13.8. The summed E-state index contributed by atoms with van der Waals surface area (Å²) in [5, 5.41) is 2.85. The Morgan fingerprint density at radius 2 is 2.11 bits per heavy atom. The quantitative estimate of drug-likeness (QED) is 0.893. The van der Waals surface area contributed by atoms with E-state index >= 15 is 0 Å². The van der Waals surface area contributed by atoms with Gasteiger partial charge in [0.25, 0.3) is 0 Å². The van der Waals surface area contributed by atoms with Gasteiger partial charge in [-0.15, -0.1) is 0 Å². The van der Waals surface area contributed by atoms with E-state index in [9.17, 15) is 4.79 Å². The maximum absolute atomic E-state index is 11.8. The number of hydrogen-bond acceptors (Lipinski definition) is 2. The first-order valence-electron chi connectivity index (χ1n) is 6.07. The SMILES string of the molecule is CC(C)(C)CC(N)CC(=O)Nc1cccc(Br)c1. The lowest BCUT2D eigenvalue weighted by molar-refractivity contribution is -0.116. The van der Waals surface area contributed by atoms with Crippen LogP contribution in [-0.4, -0.2) is 11.9 Å². The molecule has 0 aliphatic carbocycles. The average Bonchev–Trinajstić information content (AvgIpc) is 2.13. The summed E-state index contributed by atoms with van der Waals surface area (Å²) < 4.78 is 0.944. The number of carbonyl (C=O) groups is 1. The average molecular weight is 313 g/mol. The molecule has 3 N–H and O–H groups in total. The fraction of sp³-hybridized carbons (Fsp3) is 0.500. The van der Waals surface area contributed by atoms with Gasteiger partial charge in [-0.25, -0.2) is 0 Å². The first-order valence-corrected chi connectivity index (χ1v) is 6.86. The van der Waals surface area contributed by atoms with Gasteiger partial charge in [-0.2, -0.15) is 0 Å². The third kappa shape index (κ3) is 6.17. The van der Waals surface area contributed by atoms with E-state index in [0.29, 0.717) is 6.42 Å². The lowest BCUT2D eigenvalue weighted by atomic mass is 9.87. The molecule has 4 heteroatoms. The minimum Gasteiger partial charge on any atom is -0.327 e. The number of nitrogens with two attached hydrogens (primary N) is 1. The Bertz CT molecular complexity index is 413. The van der Waals surface area contributed by atoms with Crippen molar-refractivity contribution in [3.63, 3.8) is 0 Å². The van der Waals surface area contributed by atoms with E-state index in [2.05, 4.69) is 42.0 Å². The molecule has 0 radical (unpaired) electrons. The van der Waals surface area contributed by atoms with Gasteiger partial charge in [0.15, 0.2) is 0 Å². The van der Waals surface area contributed by atoms with E-state index in [1.165, 1.54) is 0 Å². The Kier molecular flexibility index (Phi) is 5.35. The highest BCUT2D eigenvalue weighted by molar-refractivity contribution is 9.10. The number of hydrogen-bond donors (Lipinski definition) is 2. The Morgan fingerprint density at radius 3 is 2.67 bits per heavy atom. The second-order valence-corrected chi connectivity index (χ2v) is 6.70. The van der Waals surface area contributed by atoms with E-state index < -0.39 is 0 Å². The molecule has 1 rings (SSSR count). The minimum absolute atomic E-state index is 0.0372. The molecule has 100 valence electrons. The minimum atomic E-state index is -0.0999. The summed E-state index contributed by atoms with van der Waals surface area (Å²) in [6.07, 6.45) is 1.18. The number of rotatable bonds is 4. The molecule has 1 amide bonds. The van der Waals surface area contributed by atoms with Crippen LogP contribution in [0.1, 0.15) is 33.6 Å². The molecule has 18 heavy (non-hydrogen) atoms. The summed E-state index contributed by atoms with van der Waals surface area (Å²) in [6, 6.07) is 7.43. The predicted octanol–water partition coefficient (Wildman–Crippen LogP) is 3.54. The van der Waals surface area contributed by atoms with Crippen LogP contribution in [0.4, 0.5) is 5.69 Å². The molecule has 0 spiro atoms. The fourth-order valence-electron chi connectivity index (χ4n) is 1.88. The van der Waals surface area contributed by atoms with Crippen molar-refractivity contribution in [2.45, 2.75) is 39.7 Å². The summed E-state index contributed by atoms with van der Waals surface area (Å²) in [5.74, 6) is -0.0372. The van der Waals surface area contributed by atoms with Crippen LogP contribution in [0.15, 0.2) is 28.7 Å². The molecule has 3 nitrogen and oxygen atoms in total.